The van der Waals surface area contributed by atoms with Crippen LogP contribution in [0, 0.1) is 6.92 Å². The van der Waals surface area contributed by atoms with Crippen molar-refractivity contribution in [1.82, 2.24) is 29.5 Å². The highest BCUT2D eigenvalue weighted by molar-refractivity contribution is 5.88. The molecule has 2 aliphatic heterocycles. The molecule has 0 aliphatic carbocycles. The number of hydrogen-bond donors (Lipinski definition) is 4. The maximum Gasteiger partial charge on any atom is 0.222 e. The van der Waals surface area contributed by atoms with E-state index in [4.69, 9.17) is 15.6 Å². The van der Waals surface area contributed by atoms with Gasteiger partial charge in [-0.25, -0.2) is 4.98 Å². The first kappa shape index (κ1) is 27.6. The van der Waals surface area contributed by atoms with Crippen LogP contribution in [0.2, 0.25) is 0 Å². The molecule has 2 bridgehead atoms. The second kappa shape index (κ2) is 12.0. The summed E-state index contributed by atoms with van der Waals surface area (Å²) >= 11 is 0. The minimum Gasteiger partial charge on any atom is -0.496 e. The number of likely N-dealkylation sites (tertiary alicyclic amines) is 2. The number of nitrogens with zero attached hydrogens (tertiary/aromatic N) is 6. The van der Waals surface area contributed by atoms with Crippen LogP contribution in [0.4, 0.5) is 11.8 Å². The molecular formula is C28H42N8O3. The highest BCUT2D eigenvalue weighted by atomic mass is 16.5. The first-order valence-electron chi connectivity index (χ1n) is 14.1. The fourth-order valence-electron chi connectivity index (χ4n) is 6.29. The van der Waals surface area contributed by atoms with Crippen LogP contribution in [0.5, 0.6) is 5.75 Å². The molecule has 11 heteroatoms. The van der Waals surface area contributed by atoms with E-state index in [-0.39, 0.29) is 25.2 Å². The Morgan fingerprint density at radius 1 is 1.10 bits per heavy atom. The summed E-state index contributed by atoms with van der Waals surface area (Å²) in [7, 11) is 1.71. The van der Waals surface area contributed by atoms with Crippen molar-refractivity contribution in [1.29, 1.82) is 0 Å². The van der Waals surface area contributed by atoms with Crippen LogP contribution >= 0.6 is 0 Å². The minimum absolute atomic E-state index is 0.0755. The highest BCUT2D eigenvalue weighted by Gasteiger charge is 2.42. The van der Waals surface area contributed by atoms with Crippen LogP contribution < -0.4 is 15.8 Å². The number of hydrogen-bond acceptors (Lipinski definition) is 10. The second-order valence-corrected chi connectivity index (χ2v) is 10.9. The number of rotatable bonds is 13. The molecule has 11 nitrogen and oxygen atoms in total. The normalized spacial score (nSPS) is 20.2. The molecule has 3 atom stereocenters. The Morgan fingerprint density at radius 2 is 1.90 bits per heavy atom. The molecule has 1 unspecified atom stereocenters. The van der Waals surface area contributed by atoms with E-state index in [1.54, 1.807) is 7.11 Å². The van der Waals surface area contributed by atoms with Crippen LogP contribution in [0.25, 0.3) is 11.0 Å². The van der Waals surface area contributed by atoms with Crippen molar-refractivity contribution in [2.45, 2.75) is 70.7 Å². The van der Waals surface area contributed by atoms with Crippen LogP contribution in [-0.2, 0) is 13.1 Å². The molecule has 39 heavy (non-hydrogen) atoms. The first-order chi connectivity index (χ1) is 18.9. The Hall–Kier alpha value is -2.99. The number of nitrogen functional groups attached to an aromatic ring is 1. The zero-order valence-corrected chi connectivity index (χ0v) is 23.3. The number of methoxy groups -OCH3 is 1. The lowest BCUT2D eigenvalue weighted by Crippen LogP contribution is -2.46. The molecule has 1 aromatic carbocycles. The molecule has 0 radical (unpaired) electrons. The zero-order chi connectivity index (χ0) is 27.5. The Kier molecular flexibility index (Phi) is 8.51. The summed E-state index contributed by atoms with van der Waals surface area (Å²) < 4.78 is 7.76. The Morgan fingerprint density at radius 3 is 2.59 bits per heavy atom. The maximum atomic E-state index is 9.55. The van der Waals surface area contributed by atoms with Crippen LogP contribution in [-0.4, -0.2) is 97.8 Å². The summed E-state index contributed by atoms with van der Waals surface area (Å²) in [4.78, 5) is 14.0. The van der Waals surface area contributed by atoms with Gasteiger partial charge in [-0.05, 0) is 37.8 Å². The summed E-state index contributed by atoms with van der Waals surface area (Å²) in [5.41, 5.74) is 10.6. The van der Waals surface area contributed by atoms with Gasteiger partial charge in [0.05, 0.1) is 26.0 Å². The standard InChI is InChI=1S/C28H42N8O3/c1-4-5-21(8-10-37)30-27-26-25(31-28(29)32-27)18(2)33-36(26)15-20-7-6-19(12-24(20)39-3)14-35-17-22-13-23(35)16-34(22)9-11-38/h6-7,12,21-23,37-38H,4-5,8-11,13-17H2,1-3H3,(H3,29,30,31,32)/t21?,22-,23-/m0/s1. The maximum absolute atomic E-state index is 9.55. The SMILES string of the molecule is CCCC(CCO)Nc1nc(N)nc2c(C)nn(Cc3ccc(CN4C[C@@H]5C[C@H]4CN5CCO)cc3OC)c12. The molecular weight excluding hydrogens is 496 g/mol. The van der Waals surface area contributed by atoms with E-state index in [9.17, 15) is 10.2 Å². The van der Waals surface area contributed by atoms with E-state index in [1.165, 1.54) is 12.0 Å². The molecule has 5 rings (SSSR count). The van der Waals surface area contributed by atoms with E-state index in [0.717, 1.165) is 67.1 Å². The van der Waals surface area contributed by atoms with Gasteiger partial charge in [-0.2, -0.15) is 10.1 Å². The summed E-state index contributed by atoms with van der Waals surface area (Å²) in [5, 5.41) is 27.2. The van der Waals surface area contributed by atoms with Gasteiger partial charge in [-0.1, -0.05) is 25.5 Å². The van der Waals surface area contributed by atoms with E-state index in [2.05, 4.69) is 50.2 Å². The fourth-order valence-corrected chi connectivity index (χ4v) is 6.29. The number of piperazine rings is 1. The summed E-state index contributed by atoms with van der Waals surface area (Å²) in [6.07, 6.45) is 3.70. The monoisotopic (exact) mass is 538 g/mol. The number of β-amino-alcohol motifs (C(OH)–C–C–N with tert-alkyl or cyclic N) is 1. The summed E-state index contributed by atoms with van der Waals surface area (Å²) in [5.74, 6) is 1.67. The molecule has 212 valence electrons. The van der Waals surface area contributed by atoms with Gasteiger partial charge in [0, 0.05) is 56.5 Å². The van der Waals surface area contributed by atoms with Crippen molar-refractivity contribution in [2.75, 3.05) is 51.0 Å². The van der Waals surface area contributed by atoms with Gasteiger partial charge in [0.25, 0.3) is 0 Å². The van der Waals surface area contributed by atoms with Gasteiger partial charge >= 0.3 is 0 Å². The van der Waals surface area contributed by atoms with Gasteiger partial charge in [0.1, 0.15) is 16.8 Å². The summed E-state index contributed by atoms with van der Waals surface area (Å²) in [6, 6.07) is 7.61. The smallest absolute Gasteiger partial charge is 0.222 e. The fraction of sp³-hybridized carbons (Fsp3) is 0.607. The van der Waals surface area contributed by atoms with Gasteiger partial charge < -0.3 is 26.0 Å². The minimum atomic E-state index is 0.0755. The molecule has 2 fully saturated rings. The number of nitrogens with one attached hydrogen (secondary N) is 1. The average molecular weight is 539 g/mol. The average Bonchev–Trinajstić information content (AvgIpc) is 3.58. The third kappa shape index (κ3) is 5.81. The van der Waals surface area contributed by atoms with Gasteiger partial charge in [-0.15, -0.1) is 0 Å². The van der Waals surface area contributed by atoms with Crippen molar-refractivity contribution in [2.24, 2.45) is 0 Å². The van der Waals surface area contributed by atoms with Gasteiger partial charge in [0.2, 0.25) is 5.95 Å². The number of nitrogens with two attached hydrogens (primary N) is 1. The molecule has 2 aromatic heterocycles. The van der Waals surface area contributed by atoms with Crippen molar-refractivity contribution >= 4 is 22.8 Å². The number of aliphatic hydroxyl groups excluding tert-OH is 2. The molecule has 0 amide bonds. The Labute approximate surface area is 230 Å². The zero-order valence-electron chi connectivity index (χ0n) is 23.3. The topological polar surface area (TPSA) is 138 Å². The number of aromatic nitrogens is 4. The molecule has 3 aromatic rings. The third-order valence-electron chi connectivity index (χ3n) is 8.14. The number of anilines is 2. The van der Waals surface area contributed by atoms with Crippen molar-refractivity contribution in [3.05, 3.63) is 35.0 Å². The van der Waals surface area contributed by atoms with Crippen LogP contribution in [0.3, 0.4) is 0 Å². The molecule has 0 saturated carbocycles. The third-order valence-corrected chi connectivity index (χ3v) is 8.14. The lowest BCUT2D eigenvalue weighted by molar-refractivity contribution is 0.105. The lowest BCUT2D eigenvalue weighted by Gasteiger charge is -2.33. The molecule has 2 saturated heterocycles. The summed E-state index contributed by atoms with van der Waals surface area (Å²) in [6.45, 7) is 8.62. The Balaban J connectivity index is 1.37. The van der Waals surface area contributed by atoms with Crippen molar-refractivity contribution < 1.29 is 14.9 Å². The molecule has 0 spiro atoms. The largest absolute Gasteiger partial charge is 0.496 e. The first-order valence-corrected chi connectivity index (χ1v) is 14.1. The second-order valence-electron chi connectivity index (χ2n) is 10.9. The number of aryl methyl sites for hydroxylation is 1. The molecule has 4 heterocycles. The lowest BCUT2D eigenvalue weighted by atomic mass is 10.1. The number of ether oxygens (including phenoxy) is 1. The van der Waals surface area contributed by atoms with Crippen LogP contribution in [0.1, 0.15) is 49.4 Å². The van der Waals surface area contributed by atoms with E-state index in [0.29, 0.717) is 30.9 Å². The predicted octanol–water partition coefficient (Wildman–Crippen LogP) is 1.99. The van der Waals surface area contributed by atoms with Gasteiger partial charge in [0.15, 0.2) is 5.82 Å². The van der Waals surface area contributed by atoms with E-state index < -0.39 is 0 Å². The predicted molar refractivity (Wildman–Crippen MR) is 152 cm³/mol. The highest BCUT2D eigenvalue weighted by Crippen LogP contribution is 2.33. The quantitative estimate of drug-likeness (QED) is 0.256. The number of benzene rings is 1. The molecule has 5 N–H and O–H groups in total. The van der Waals surface area contributed by atoms with E-state index in [1.807, 2.05) is 11.6 Å². The molecule has 2 aliphatic rings. The number of fused-ring (bicyclic) bond motifs is 3. The van der Waals surface area contributed by atoms with Gasteiger partial charge in [-0.3, -0.25) is 14.5 Å². The Bertz CT molecular complexity index is 1280. The van der Waals surface area contributed by atoms with E-state index >= 15 is 0 Å². The van der Waals surface area contributed by atoms with Crippen LogP contribution in [0.15, 0.2) is 18.2 Å². The number of aliphatic hydroxyl groups is 2. The van der Waals surface area contributed by atoms with Crippen molar-refractivity contribution in [3.8, 4) is 5.75 Å². The van der Waals surface area contributed by atoms with Crippen molar-refractivity contribution in [3.63, 3.8) is 0 Å².